The average molecular weight is 267 g/mol. The first kappa shape index (κ1) is 13.1. The summed E-state index contributed by atoms with van der Waals surface area (Å²) < 4.78 is 0. The molecule has 3 rings (SSSR count). The van der Waals surface area contributed by atoms with Crippen LogP contribution in [0.25, 0.3) is 11.3 Å². The normalized spacial score (nSPS) is 20.1. The van der Waals surface area contributed by atoms with E-state index in [0.29, 0.717) is 5.92 Å². The molecule has 0 aliphatic carbocycles. The highest BCUT2D eigenvalue weighted by molar-refractivity contribution is 5.71. The van der Waals surface area contributed by atoms with E-state index in [4.69, 9.17) is 0 Å². The quantitative estimate of drug-likeness (QED) is 0.843. The third kappa shape index (κ3) is 2.28. The summed E-state index contributed by atoms with van der Waals surface area (Å²) in [4.78, 5) is 8.38. The van der Waals surface area contributed by atoms with Crippen molar-refractivity contribution in [2.75, 3.05) is 5.32 Å². The van der Waals surface area contributed by atoms with Gasteiger partial charge in [0.2, 0.25) is 0 Å². The van der Waals surface area contributed by atoms with Crippen LogP contribution in [0.5, 0.6) is 0 Å². The summed E-state index contributed by atoms with van der Waals surface area (Å²) in [7, 11) is 0. The minimum absolute atomic E-state index is 0.162. The summed E-state index contributed by atoms with van der Waals surface area (Å²) in [5.74, 6) is 0.558. The van der Waals surface area contributed by atoms with Crippen LogP contribution in [-0.2, 0) is 0 Å². The van der Waals surface area contributed by atoms with Gasteiger partial charge in [-0.2, -0.15) is 0 Å². The monoisotopic (exact) mass is 267 g/mol. The Bertz CT molecular complexity index is 632. The van der Waals surface area contributed by atoms with Crippen molar-refractivity contribution in [1.29, 1.82) is 0 Å². The molecular weight excluding hydrogens is 246 g/mol. The summed E-state index contributed by atoms with van der Waals surface area (Å²) in [5, 5.41) is 3.65. The van der Waals surface area contributed by atoms with Crippen molar-refractivity contribution in [2.45, 2.75) is 45.6 Å². The van der Waals surface area contributed by atoms with Gasteiger partial charge < -0.3 is 5.32 Å². The van der Waals surface area contributed by atoms with Crippen molar-refractivity contribution >= 4 is 5.69 Å². The van der Waals surface area contributed by atoms with E-state index in [9.17, 15) is 0 Å². The summed E-state index contributed by atoms with van der Waals surface area (Å²) >= 11 is 0. The summed E-state index contributed by atoms with van der Waals surface area (Å²) in [6.45, 7) is 8.98. The van der Waals surface area contributed by atoms with Crippen molar-refractivity contribution in [2.24, 2.45) is 0 Å². The van der Waals surface area contributed by atoms with Gasteiger partial charge >= 0.3 is 0 Å². The molecule has 1 aromatic carbocycles. The van der Waals surface area contributed by atoms with Crippen LogP contribution < -0.4 is 5.32 Å². The van der Waals surface area contributed by atoms with Gasteiger partial charge in [-0.1, -0.05) is 6.92 Å². The van der Waals surface area contributed by atoms with E-state index in [1.54, 1.807) is 12.5 Å². The number of nitrogens with one attached hydrogen (secondary N) is 1. The van der Waals surface area contributed by atoms with Crippen LogP contribution in [0.15, 0.2) is 30.7 Å². The second kappa shape index (κ2) is 4.58. The number of hydrogen-bond acceptors (Lipinski definition) is 3. The molecule has 2 heterocycles. The van der Waals surface area contributed by atoms with Gasteiger partial charge in [0.1, 0.15) is 6.33 Å². The highest BCUT2D eigenvalue weighted by Crippen LogP contribution is 2.41. The first-order valence-corrected chi connectivity index (χ1v) is 7.15. The number of benzene rings is 1. The molecule has 1 N–H and O–H groups in total. The van der Waals surface area contributed by atoms with Crippen molar-refractivity contribution in [3.8, 4) is 11.3 Å². The van der Waals surface area contributed by atoms with Crippen LogP contribution in [0.1, 0.15) is 44.2 Å². The van der Waals surface area contributed by atoms with Gasteiger partial charge in [-0.05, 0) is 62.4 Å². The Hall–Kier alpha value is -1.90. The van der Waals surface area contributed by atoms with Crippen molar-refractivity contribution in [3.05, 3.63) is 41.9 Å². The zero-order valence-electron chi connectivity index (χ0n) is 12.6. The molecule has 1 atom stereocenters. The van der Waals surface area contributed by atoms with Gasteiger partial charge in [0.25, 0.3) is 0 Å². The molecule has 20 heavy (non-hydrogen) atoms. The standard InChI is InChI=1S/C17H21N3/c1-11-7-16-14(12(2)9-17(3,4)20-16)8-13(11)15-5-6-18-10-19-15/h5-8,10,12,20H,9H2,1-4H3. The van der Waals surface area contributed by atoms with Crippen LogP contribution in [-0.4, -0.2) is 15.5 Å². The Balaban J connectivity index is 2.11. The van der Waals surface area contributed by atoms with Crippen molar-refractivity contribution < 1.29 is 0 Å². The minimum atomic E-state index is 0.162. The predicted molar refractivity (Wildman–Crippen MR) is 82.9 cm³/mol. The fourth-order valence-electron chi connectivity index (χ4n) is 3.26. The Morgan fingerprint density at radius 1 is 1.30 bits per heavy atom. The number of anilines is 1. The Morgan fingerprint density at radius 2 is 2.10 bits per heavy atom. The highest BCUT2D eigenvalue weighted by Gasteiger charge is 2.29. The third-order valence-electron chi connectivity index (χ3n) is 4.07. The molecule has 1 aliphatic rings. The molecule has 0 radical (unpaired) electrons. The molecule has 0 fully saturated rings. The highest BCUT2D eigenvalue weighted by atomic mass is 15.0. The summed E-state index contributed by atoms with van der Waals surface area (Å²) in [6.07, 6.45) is 4.55. The topological polar surface area (TPSA) is 37.8 Å². The Kier molecular flexibility index (Phi) is 3.00. The first-order chi connectivity index (χ1) is 9.46. The van der Waals surface area contributed by atoms with E-state index in [1.807, 2.05) is 6.07 Å². The second-order valence-corrected chi connectivity index (χ2v) is 6.46. The molecule has 0 bridgehead atoms. The summed E-state index contributed by atoms with van der Waals surface area (Å²) in [5.41, 5.74) is 6.28. The van der Waals surface area contributed by atoms with Crippen LogP contribution >= 0.6 is 0 Å². The van der Waals surface area contributed by atoms with Gasteiger partial charge in [-0.15, -0.1) is 0 Å². The van der Waals surface area contributed by atoms with Crippen molar-refractivity contribution in [3.63, 3.8) is 0 Å². The molecule has 0 amide bonds. The number of hydrogen-bond donors (Lipinski definition) is 1. The van der Waals surface area contributed by atoms with Gasteiger partial charge in [0.15, 0.2) is 0 Å². The molecule has 1 aliphatic heterocycles. The lowest BCUT2D eigenvalue weighted by Crippen LogP contribution is -2.36. The molecule has 0 saturated carbocycles. The van der Waals surface area contributed by atoms with Crippen LogP contribution in [0.2, 0.25) is 0 Å². The molecule has 1 aromatic heterocycles. The van der Waals surface area contributed by atoms with Crippen LogP contribution in [0.4, 0.5) is 5.69 Å². The molecule has 2 aromatic rings. The molecule has 3 nitrogen and oxygen atoms in total. The fourth-order valence-corrected chi connectivity index (χ4v) is 3.26. The largest absolute Gasteiger partial charge is 0.380 e. The maximum Gasteiger partial charge on any atom is 0.116 e. The predicted octanol–water partition coefficient (Wildman–Crippen LogP) is 4.15. The maximum atomic E-state index is 4.38. The van der Waals surface area contributed by atoms with Gasteiger partial charge in [0, 0.05) is 23.0 Å². The van der Waals surface area contributed by atoms with E-state index < -0.39 is 0 Å². The SMILES string of the molecule is Cc1cc2c(cc1-c1ccncn1)C(C)CC(C)(C)N2. The van der Waals surface area contributed by atoms with E-state index in [-0.39, 0.29) is 5.54 Å². The van der Waals surface area contributed by atoms with Crippen LogP contribution in [0, 0.1) is 6.92 Å². The maximum absolute atomic E-state index is 4.38. The zero-order chi connectivity index (χ0) is 14.3. The van der Waals surface area contributed by atoms with Crippen molar-refractivity contribution in [1.82, 2.24) is 9.97 Å². The molecule has 0 saturated heterocycles. The summed E-state index contributed by atoms with van der Waals surface area (Å²) in [6, 6.07) is 6.52. The molecule has 1 unspecified atom stereocenters. The molecular formula is C17H21N3. The lowest BCUT2D eigenvalue weighted by atomic mass is 9.80. The lowest BCUT2D eigenvalue weighted by Gasteiger charge is -2.38. The van der Waals surface area contributed by atoms with Gasteiger partial charge in [-0.3, -0.25) is 0 Å². The smallest absolute Gasteiger partial charge is 0.116 e. The number of aryl methyl sites for hydroxylation is 1. The number of aromatic nitrogens is 2. The van der Waals surface area contributed by atoms with Crippen LogP contribution in [0.3, 0.4) is 0 Å². The van der Waals surface area contributed by atoms with E-state index >= 15 is 0 Å². The Morgan fingerprint density at radius 3 is 2.80 bits per heavy atom. The first-order valence-electron chi connectivity index (χ1n) is 7.15. The fraction of sp³-hybridized carbons (Fsp3) is 0.412. The van der Waals surface area contributed by atoms with E-state index in [0.717, 1.165) is 12.1 Å². The molecule has 0 spiro atoms. The Labute approximate surface area is 120 Å². The van der Waals surface area contributed by atoms with Gasteiger partial charge in [0.05, 0.1) is 5.69 Å². The van der Waals surface area contributed by atoms with Gasteiger partial charge in [-0.25, -0.2) is 9.97 Å². The minimum Gasteiger partial charge on any atom is -0.380 e. The third-order valence-corrected chi connectivity index (χ3v) is 4.07. The number of nitrogens with zero attached hydrogens (tertiary/aromatic N) is 2. The van der Waals surface area contributed by atoms with E-state index in [2.05, 4.69) is 55.1 Å². The number of fused-ring (bicyclic) bond motifs is 1. The number of rotatable bonds is 1. The van der Waals surface area contributed by atoms with E-state index in [1.165, 1.54) is 22.4 Å². The average Bonchev–Trinajstić information content (AvgIpc) is 2.37. The molecule has 104 valence electrons. The zero-order valence-corrected chi connectivity index (χ0v) is 12.6. The molecule has 3 heteroatoms. The lowest BCUT2D eigenvalue weighted by molar-refractivity contribution is 0.454. The second-order valence-electron chi connectivity index (χ2n) is 6.46.